The second-order valence-electron chi connectivity index (χ2n) is 4.12. The number of hydrogen-bond acceptors (Lipinski definition) is 0. The van der Waals surface area contributed by atoms with Crippen LogP contribution in [0.3, 0.4) is 0 Å². The average molecular weight is 150 g/mol. The van der Waals surface area contributed by atoms with Crippen LogP contribution in [-0.4, -0.2) is 36.6 Å². The van der Waals surface area contributed by atoms with Crippen LogP contribution in [0.4, 0.5) is 0 Å². The van der Waals surface area contributed by atoms with Gasteiger partial charge in [0, 0.05) is 0 Å². The molecular formula is C10H16Li2. The zero-order chi connectivity index (χ0) is 8.81. The molecule has 0 nitrogen and oxygen atoms in total. The number of hydrogen-bond donors (Lipinski definition) is 0. The van der Waals surface area contributed by atoms with Crippen LogP contribution in [0.1, 0.15) is 34.6 Å². The maximum atomic E-state index is 2.30. The molecule has 0 N–H and O–H groups in total. The van der Waals surface area contributed by atoms with Crippen LogP contribution in [0.5, 0.6) is 0 Å². The molecule has 0 heterocycles. The summed E-state index contributed by atoms with van der Waals surface area (Å²) in [5, 5.41) is 0. The monoisotopic (exact) mass is 150 g/mol. The van der Waals surface area contributed by atoms with Gasteiger partial charge in [0.25, 0.3) is 0 Å². The third-order valence-corrected chi connectivity index (χ3v) is 3.56. The summed E-state index contributed by atoms with van der Waals surface area (Å²) in [6.45, 7) is 11.3. The van der Waals surface area contributed by atoms with Crippen LogP contribution >= 0.6 is 0 Å². The summed E-state index contributed by atoms with van der Waals surface area (Å²) in [5.41, 5.74) is 4.83. The number of rotatable bonds is 0. The van der Waals surface area contributed by atoms with Crippen molar-refractivity contribution in [3.63, 3.8) is 0 Å². The van der Waals surface area contributed by atoms with E-state index in [4.69, 9.17) is 0 Å². The summed E-state index contributed by atoms with van der Waals surface area (Å²) in [5.74, 6) is 0. The van der Waals surface area contributed by atoms with Crippen molar-refractivity contribution in [1.29, 1.82) is 0 Å². The third-order valence-electron chi connectivity index (χ3n) is 3.56. The van der Waals surface area contributed by atoms with Gasteiger partial charge in [0.1, 0.15) is 0 Å². The maximum absolute atomic E-state index is 2.30. The van der Waals surface area contributed by atoms with Crippen LogP contribution in [0, 0.1) is 5.41 Å². The first-order valence-corrected chi connectivity index (χ1v) is 4.25. The van der Waals surface area contributed by atoms with Gasteiger partial charge >= 0.3 is 97.6 Å². The Bertz CT molecular complexity index is 231. The molecule has 0 bridgehead atoms. The van der Waals surface area contributed by atoms with Crippen LogP contribution in [0.15, 0.2) is 21.0 Å². The van der Waals surface area contributed by atoms with Crippen molar-refractivity contribution in [2.75, 3.05) is 0 Å². The minimum atomic E-state index is 0. The Morgan fingerprint density at radius 2 is 1.42 bits per heavy atom. The van der Waals surface area contributed by atoms with Crippen molar-refractivity contribution in [1.82, 2.24) is 0 Å². The fourth-order valence-corrected chi connectivity index (χ4v) is 1.78. The molecular weight excluding hydrogens is 134 g/mol. The van der Waals surface area contributed by atoms with Gasteiger partial charge in [-0.2, -0.15) is 0 Å². The van der Waals surface area contributed by atoms with E-state index in [0.29, 0.717) is 5.41 Å². The van der Waals surface area contributed by atoms with E-state index in [-0.39, 0.29) is 18.9 Å². The summed E-state index contributed by atoms with van der Waals surface area (Å²) in [7, 11) is 0. The molecule has 0 aliphatic heterocycles. The van der Waals surface area contributed by atoms with Crippen molar-refractivity contribution >= 4 is 36.6 Å². The SMILES string of the molecule is [LiH].[Li][C]1=C(C)C(C)=C(C)C1(C)C. The zero-order valence-electron chi connectivity index (χ0n) is 8.50. The van der Waals surface area contributed by atoms with E-state index in [0.717, 1.165) is 0 Å². The van der Waals surface area contributed by atoms with Gasteiger partial charge in [-0.25, -0.2) is 0 Å². The first-order valence-electron chi connectivity index (χ1n) is 4.25. The molecule has 0 amide bonds. The molecule has 0 unspecified atom stereocenters. The van der Waals surface area contributed by atoms with Crippen LogP contribution < -0.4 is 0 Å². The third kappa shape index (κ3) is 1.64. The quantitative estimate of drug-likeness (QED) is 0.464. The van der Waals surface area contributed by atoms with E-state index in [2.05, 4.69) is 52.3 Å². The van der Waals surface area contributed by atoms with Crippen LogP contribution in [0.25, 0.3) is 0 Å². The van der Waals surface area contributed by atoms with Gasteiger partial charge < -0.3 is 0 Å². The second-order valence-corrected chi connectivity index (χ2v) is 4.12. The molecule has 1 aliphatic carbocycles. The Morgan fingerprint density at radius 3 is 1.50 bits per heavy atom. The number of allylic oxidation sites excluding steroid dienone is 4. The normalized spacial score (nSPS) is 21.6. The van der Waals surface area contributed by atoms with Crippen molar-refractivity contribution in [2.24, 2.45) is 5.41 Å². The van der Waals surface area contributed by atoms with Crippen LogP contribution in [-0.2, 0) is 0 Å². The molecule has 0 saturated carbocycles. The molecule has 0 atom stereocenters. The molecule has 0 spiro atoms. The molecule has 0 saturated heterocycles. The second kappa shape index (κ2) is 3.81. The van der Waals surface area contributed by atoms with Gasteiger partial charge in [-0.15, -0.1) is 0 Å². The standard InChI is InChI=1S/C10H15.2Li.H/c1-7-6-10(4,5)9(3)8(7)2;;;/h1-5H3;;;. The van der Waals surface area contributed by atoms with Gasteiger partial charge in [-0.05, 0) is 0 Å². The van der Waals surface area contributed by atoms with Crippen molar-refractivity contribution in [3.05, 3.63) is 21.0 Å². The predicted octanol–water partition coefficient (Wildman–Crippen LogP) is 2.16. The van der Waals surface area contributed by atoms with Gasteiger partial charge in [-0.3, -0.25) is 0 Å². The zero-order valence-corrected chi connectivity index (χ0v) is 8.50. The Kier molecular flexibility index (Phi) is 4.03. The summed E-state index contributed by atoms with van der Waals surface area (Å²) in [4.78, 5) is 0. The minimum absolute atomic E-state index is 0. The van der Waals surface area contributed by atoms with Gasteiger partial charge in [0.2, 0.25) is 0 Å². The molecule has 2 heteroatoms. The molecule has 0 aromatic heterocycles. The molecule has 0 radical (unpaired) electrons. The summed E-state index contributed by atoms with van der Waals surface area (Å²) >= 11 is 2.25. The molecule has 12 heavy (non-hydrogen) atoms. The molecule has 0 fully saturated rings. The average Bonchev–Trinajstić information content (AvgIpc) is 2.06. The van der Waals surface area contributed by atoms with E-state index < -0.39 is 0 Å². The molecule has 58 valence electrons. The van der Waals surface area contributed by atoms with E-state index in [1.54, 1.807) is 0 Å². The first kappa shape index (κ1) is 12.7. The topological polar surface area (TPSA) is 0 Å². The van der Waals surface area contributed by atoms with Crippen molar-refractivity contribution in [3.8, 4) is 0 Å². The van der Waals surface area contributed by atoms with Gasteiger partial charge in [-0.1, -0.05) is 0 Å². The van der Waals surface area contributed by atoms with E-state index in [1.165, 1.54) is 21.0 Å². The van der Waals surface area contributed by atoms with E-state index >= 15 is 0 Å². The van der Waals surface area contributed by atoms with Gasteiger partial charge in [0.05, 0.1) is 0 Å². The Balaban J connectivity index is 0.00000121. The summed E-state index contributed by atoms with van der Waals surface area (Å²) < 4.78 is 1.53. The van der Waals surface area contributed by atoms with Crippen LogP contribution in [0.2, 0.25) is 0 Å². The fraction of sp³-hybridized carbons (Fsp3) is 0.600. The first-order chi connectivity index (χ1) is 4.89. The Morgan fingerprint density at radius 1 is 1.00 bits per heavy atom. The summed E-state index contributed by atoms with van der Waals surface area (Å²) in [6.07, 6.45) is 0. The van der Waals surface area contributed by atoms with Crippen molar-refractivity contribution in [2.45, 2.75) is 34.6 Å². The molecule has 0 aromatic carbocycles. The fourth-order valence-electron chi connectivity index (χ4n) is 1.78. The predicted molar refractivity (Wildman–Crippen MR) is 57.8 cm³/mol. The Hall–Kier alpha value is 0.675. The molecule has 0 aromatic rings. The molecule has 1 rings (SSSR count). The van der Waals surface area contributed by atoms with E-state index in [1.807, 2.05) is 0 Å². The molecule has 1 aliphatic rings. The summed E-state index contributed by atoms with van der Waals surface area (Å²) in [6, 6.07) is 0. The van der Waals surface area contributed by atoms with E-state index in [9.17, 15) is 0 Å². The van der Waals surface area contributed by atoms with Crippen molar-refractivity contribution < 1.29 is 0 Å². The van der Waals surface area contributed by atoms with Gasteiger partial charge in [0.15, 0.2) is 0 Å². The Labute approximate surface area is 97.3 Å².